The Kier molecular flexibility index (Phi) is 16.4. The van der Waals surface area contributed by atoms with Crippen LogP contribution in [0.4, 0.5) is 11.6 Å². The zero-order chi connectivity index (χ0) is 47.5. The molecule has 0 atom stereocenters. The van der Waals surface area contributed by atoms with Crippen molar-refractivity contribution >= 4 is 74.3 Å². The quantitative estimate of drug-likeness (QED) is 0.170. The summed E-state index contributed by atoms with van der Waals surface area (Å²) in [6.45, 7) is 44.4. The number of H-pyrrole nitrogens is 1. The van der Waals surface area contributed by atoms with Gasteiger partial charge in [0.25, 0.3) is 0 Å². The second-order valence-corrected chi connectivity index (χ2v) is 38.2. The Hall–Kier alpha value is -3.63. The van der Waals surface area contributed by atoms with E-state index in [1.54, 1.807) is 0 Å². The normalized spacial score (nSPS) is 14.1. The lowest BCUT2D eigenvalue weighted by molar-refractivity contribution is 0.399. The highest BCUT2D eigenvalue weighted by Gasteiger charge is 2.45. The van der Waals surface area contributed by atoms with E-state index in [1.807, 2.05) is 44.0 Å². The van der Waals surface area contributed by atoms with E-state index < -0.39 is 24.7 Å². The van der Waals surface area contributed by atoms with Gasteiger partial charge in [-0.25, -0.2) is 19.9 Å². The Balaban J connectivity index is 0.000000185. The fourth-order valence-corrected chi connectivity index (χ4v) is 14.2. The summed E-state index contributed by atoms with van der Waals surface area (Å²) in [6.07, 6.45) is 14.2. The lowest BCUT2D eigenvalue weighted by Crippen LogP contribution is -2.54. The van der Waals surface area contributed by atoms with Gasteiger partial charge in [0.05, 0.1) is 0 Å². The van der Waals surface area contributed by atoms with Crippen molar-refractivity contribution in [1.29, 1.82) is 0 Å². The van der Waals surface area contributed by atoms with E-state index in [-0.39, 0.29) is 0 Å². The van der Waals surface area contributed by atoms with Crippen molar-refractivity contribution in [3.05, 3.63) is 106 Å². The predicted octanol–water partition coefficient (Wildman–Crippen LogP) is 13.6. The molecule has 2 aliphatic heterocycles. The molecule has 8 rings (SSSR count). The third-order valence-electron chi connectivity index (χ3n) is 14.4. The van der Waals surface area contributed by atoms with Crippen molar-refractivity contribution < 1.29 is 5.11 Å². The molecular formula is C50H79BrN8OSi3. The molecule has 0 aliphatic carbocycles. The average molecular weight is 972 g/mol. The van der Waals surface area contributed by atoms with Gasteiger partial charge in [0.15, 0.2) is 24.7 Å². The first-order chi connectivity index (χ1) is 29.1. The lowest BCUT2D eigenvalue weighted by Gasteiger charge is -2.44. The highest BCUT2D eigenvalue weighted by atomic mass is 79.9. The molecule has 2 N–H and O–H groups in total. The van der Waals surface area contributed by atoms with Crippen LogP contribution in [0.3, 0.4) is 0 Å². The Morgan fingerprint density at radius 1 is 0.571 bits per heavy atom. The summed E-state index contributed by atoms with van der Waals surface area (Å²) in [4.78, 5) is 21.2. The fourth-order valence-electron chi connectivity index (χ4n) is 7.52. The lowest BCUT2D eigenvalue weighted by atomic mass is 10.2. The van der Waals surface area contributed by atoms with E-state index in [4.69, 9.17) is 5.11 Å². The molecule has 0 fully saturated rings. The predicted molar refractivity (Wildman–Crippen MR) is 283 cm³/mol. The maximum Gasteiger partial charge on any atom is 0.163 e. The molecule has 2 aliphatic rings. The fraction of sp³-hybridized carbons (Fsp3) is 0.520. The second-order valence-electron chi connectivity index (χ2n) is 21.9. The number of aliphatic hydroxyl groups is 1. The molecule has 344 valence electrons. The van der Waals surface area contributed by atoms with Crippen LogP contribution < -0.4 is 9.13 Å². The molecule has 0 aromatic carbocycles. The highest BCUT2D eigenvalue weighted by molar-refractivity contribution is 9.10. The summed E-state index contributed by atoms with van der Waals surface area (Å²) in [7, 11) is -3.51. The van der Waals surface area contributed by atoms with Crippen molar-refractivity contribution in [1.82, 2.24) is 29.2 Å². The molecule has 13 heteroatoms. The Bertz CT molecular complexity index is 2370. The Labute approximate surface area is 392 Å². The van der Waals surface area contributed by atoms with Crippen molar-refractivity contribution in [3.63, 3.8) is 0 Å². The summed E-state index contributed by atoms with van der Waals surface area (Å²) in [6, 6.07) is 13.1. The number of fused-ring (bicyclic) bond motifs is 4. The molecule has 0 bridgehead atoms. The van der Waals surface area contributed by atoms with Crippen molar-refractivity contribution in [2.24, 2.45) is 0 Å². The molecule has 8 heterocycles. The Morgan fingerprint density at radius 3 is 1.54 bits per heavy atom. The molecular weight excluding hydrogens is 893 g/mol. The summed E-state index contributed by atoms with van der Waals surface area (Å²) in [5.41, 5.74) is 8.64. The average Bonchev–Trinajstić information content (AvgIpc) is 4.00. The topological polar surface area (TPSA) is 99.0 Å². The number of nitrogens with one attached hydrogen (secondary N) is 1. The number of pyridine rings is 4. The van der Waals surface area contributed by atoms with Crippen molar-refractivity contribution in [2.45, 2.75) is 150 Å². The van der Waals surface area contributed by atoms with Crippen LogP contribution in [0.5, 0.6) is 0 Å². The second kappa shape index (κ2) is 19.9. The number of aromatic amines is 1. The highest BCUT2D eigenvalue weighted by Crippen LogP contribution is 2.44. The first-order valence-corrected chi connectivity index (χ1v) is 32.1. The van der Waals surface area contributed by atoms with Gasteiger partial charge in [-0.15, -0.1) is 0 Å². The molecule has 0 radical (unpaired) electrons. The molecule has 0 unspecified atom stereocenters. The van der Waals surface area contributed by atoms with Crippen LogP contribution in [-0.2, 0) is 12.8 Å². The first kappa shape index (κ1) is 52.0. The molecule has 0 saturated carbocycles. The standard InChI is InChI=1S/C14H24N2Si.C14H22N2Si.C13H21BrN2Si.C8H8N2.CH4O/c2*1-11-9-12-7-8-16(13(12)15-10-11)17(5,6)14(2,3)4;1-13(2,3)17(4,5)16-7-6-10-8-11(14)9-15-12(10)16;1-6-4-7-2-3-9-8(7)10-5-6;1-2/h9-10H,7-8H2,1-6H3;7-10H,1-6H3;8-9H,6-7H2,1-5H3;2-5H,1H3,(H,9,10);2H,1H3. The maximum atomic E-state index is 7.00. The van der Waals surface area contributed by atoms with Gasteiger partial charge in [-0.3, -0.25) is 0 Å². The molecule has 9 nitrogen and oxygen atoms in total. The van der Waals surface area contributed by atoms with Gasteiger partial charge in [0, 0.05) is 66.4 Å². The van der Waals surface area contributed by atoms with E-state index >= 15 is 0 Å². The Morgan fingerprint density at radius 2 is 1.02 bits per heavy atom. The number of hydrogen-bond acceptors (Lipinski definition) is 7. The summed E-state index contributed by atoms with van der Waals surface area (Å²) in [5, 5.41) is 10.5. The molecule has 63 heavy (non-hydrogen) atoms. The molecule has 6 aromatic heterocycles. The number of hydrogen-bond donors (Lipinski definition) is 2. The van der Waals surface area contributed by atoms with E-state index in [1.165, 1.54) is 50.2 Å². The number of aliphatic hydroxyl groups excluding tert-OH is 1. The number of aromatic nitrogens is 6. The third kappa shape index (κ3) is 11.6. The van der Waals surface area contributed by atoms with Crippen molar-refractivity contribution in [2.75, 3.05) is 29.3 Å². The zero-order valence-corrected chi connectivity index (χ0v) is 46.8. The summed E-state index contributed by atoms with van der Waals surface area (Å²) >= 11 is 3.51. The summed E-state index contributed by atoms with van der Waals surface area (Å²) < 4.78 is 8.73. The number of aryl methyl sites for hydroxylation is 3. The van der Waals surface area contributed by atoms with Crippen LogP contribution in [-0.4, -0.2) is 79.2 Å². The minimum atomic E-state index is -1.56. The van der Waals surface area contributed by atoms with E-state index in [0.717, 1.165) is 48.8 Å². The number of nitrogens with zero attached hydrogens (tertiary/aromatic N) is 7. The number of halogens is 1. The number of anilines is 2. The van der Waals surface area contributed by atoms with Gasteiger partial charge < -0.3 is 23.5 Å². The zero-order valence-electron chi connectivity index (χ0n) is 42.2. The van der Waals surface area contributed by atoms with Gasteiger partial charge in [0.1, 0.15) is 22.9 Å². The first-order valence-electron chi connectivity index (χ1n) is 22.5. The molecule has 0 spiro atoms. The van der Waals surface area contributed by atoms with E-state index in [0.29, 0.717) is 15.1 Å². The van der Waals surface area contributed by atoms with Crippen LogP contribution in [0.25, 0.3) is 22.1 Å². The van der Waals surface area contributed by atoms with Crippen LogP contribution in [0.1, 0.15) is 90.1 Å². The van der Waals surface area contributed by atoms with Gasteiger partial charge in [-0.1, -0.05) is 108 Å². The van der Waals surface area contributed by atoms with Gasteiger partial charge in [0.2, 0.25) is 0 Å². The molecule has 0 amide bonds. The van der Waals surface area contributed by atoms with Crippen molar-refractivity contribution in [3.8, 4) is 0 Å². The van der Waals surface area contributed by atoms with Gasteiger partial charge in [-0.05, 0) is 129 Å². The smallest absolute Gasteiger partial charge is 0.163 e. The van der Waals surface area contributed by atoms with Crippen LogP contribution >= 0.6 is 15.9 Å². The minimum absolute atomic E-state index is 0.325. The minimum Gasteiger partial charge on any atom is -0.400 e. The molecule has 6 aromatic rings. The monoisotopic (exact) mass is 970 g/mol. The van der Waals surface area contributed by atoms with Gasteiger partial charge >= 0.3 is 0 Å². The van der Waals surface area contributed by atoms with Crippen LogP contribution in [0.15, 0.2) is 78.1 Å². The van der Waals surface area contributed by atoms with Crippen LogP contribution in [0, 0.1) is 20.8 Å². The molecule has 0 saturated heterocycles. The SMILES string of the molecule is CC(C)(C)[Si](C)(C)N1CCc2cc(Br)cnc21.CO.Cc1cnc2[nH]ccc2c1.Cc1cnc2c(c1)CCN2[Si](C)(C)C(C)(C)C.Cc1cnc2c(ccn2[Si](C)(C)C(C)(C)C)c1. The van der Waals surface area contributed by atoms with Crippen LogP contribution in [0.2, 0.25) is 54.4 Å². The summed E-state index contributed by atoms with van der Waals surface area (Å²) in [5.74, 6) is 2.47. The third-order valence-corrected chi connectivity index (χ3v) is 30.9. The van der Waals surface area contributed by atoms with E-state index in [2.05, 4.69) is 206 Å². The number of rotatable bonds is 3. The largest absolute Gasteiger partial charge is 0.400 e. The van der Waals surface area contributed by atoms with Gasteiger partial charge in [-0.2, -0.15) is 0 Å². The van der Waals surface area contributed by atoms with E-state index in [9.17, 15) is 0 Å². The maximum absolute atomic E-state index is 7.00.